The normalized spacial score (nSPS) is 10.8. The van der Waals surface area contributed by atoms with E-state index >= 15 is 0 Å². The molecule has 5 nitrogen and oxygen atoms in total. The Bertz CT molecular complexity index is 1210. The van der Waals surface area contributed by atoms with E-state index < -0.39 is 0 Å². The summed E-state index contributed by atoms with van der Waals surface area (Å²) in [6.07, 6.45) is 0. The first-order valence-corrected chi connectivity index (χ1v) is 10.5. The highest BCUT2D eigenvalue weighted by Gasteiger charge is 2.17. The predicted octanol–water partition coefficient (Wildman–Crippen LogP) is 5.25. The molecule has 0 radical (unpaired) electrons. The highest BCUT2D eigenvalue weighted by Crippen LogP contribution is 2.28. The van der Waals surface area contributed by atoms with Crippen molar-refractivity contribution in [2.75, 3.05) is 11.1 Å². The van der Waals surface area contributed by atoms with Crippen LogP contribution >= 0.6 is 11.8 Å². The molecule has 1 amide bonds. The van der Waals surface area contributed by atoms with Crippen LogP contribution in [-0.4, -0.2) is 26.4 Å². The van der Waals surface area contributed by atoms with E-state index in [0.717, 1.165) is 5.69 Å². The minimum atomic E-state index is -0.353. The van der Waals surface area contributed by atoms with Crippen molar-refractivity contribution in [3.8, 4) is 17.1 Å². The van der Waals surface area contributed by atoms with Crippen LogP contribution in [-0.2, 0) is 4.79 Å². The van der Waals surface area contributed by atoms with Crippen LogP contribution in [0.5, 0.6) is 0 Å². The zero-order valence-electron chi connectivity index (χ0n) is 16.5. The van der Waals surface area contributed by atoms with Gasteiger partial charge in [0.2, 0.25) is 5.91 Å². The summed E-state index contributed by atoms with van der Waals surface area (Å²) in [4.78, 5) is 12.5. The number of amides is 1. The maximum absolute atomic E-state index is 13.4. The number of aromatic nitrogens is 3. The van der Waals surface area contributed by atoms with E-state index in [0.29, 0.717) is 27.8 Å². The van der Waals surface area contributed by atoms with Gasteiger partial charge in [0.1, 0.15) is 11.6 Å². The number of thioether (sulfide) groups is 1. The highest BCUT2D eigenvalue weighted by atomic mass is 32.2. The standard InChI is InChI=1S/C23H18F2N4OS/c1-15-13-18(25)11-12-20(15)26-21(30)14-31-23-28-27-22(16-7-9-17(24)10-8-16)29(23)19-5-3-2-4-6-19/h2-13H,14H2,1H3,(H,26,30). The van der Waals surface area contributed by atoms with E-state index in [9.17, 15) is 13.6 Å². The molecule has 8 heteroatoms. The lowest BCUT2D eigenvalue weighted by atomic mass is 10.2. The summed E-state index contributed by atoms with van der Waals surface area (Å²) in [7, 11) is 0. The zero-order valence-corrected chi connectivity index (χ0v) is 17.4. The van der Waals surface area contributed by atoms with Crippen molar-refractivity contribution in [3.63, 3.8) is 0 Å². The van der Waals surface area contributed by atoms with E-state index in [1.807, 2.05) is 34.9 Å². The summed E-state index contributed by atoms with van der Waals surface area (Å²) < 4.78 is 28.5. The molecule has 4 rings (SSSR count). The molecular weight excluding hydrogens is 418 g/mol. The molecule has 0 saturated carbocycles. The van der Waals surface area contributed by atoms with Crippen LogP contribution in [0.25, 0.3) is 17.1 Å². The summed E-state index contributed by atoms with van der Waals surface area (Å²) in [6.45, 7) is 1.73. The highest BCUT2D eigenvalue weighted by molar-refractivity contribution is 7.99. The number of para-hydroxylation sites is 1. The number of carbonyl (C=O) groups excluding carboxylic acids is 1. The van der Waals surface area contributed by atoms with Crippen molar-refractivity contribution in [1.82, 2.24) is 14.8 Å². The van der Waals surface area contributed by atoms with Crippen LogP contribution in [0.2, 0.25) is 0 Å². The molecule has 1 heterocycles. The van der Waals surface area contributed by atoms with Gasteiger partial charge in [-0.1, -0.05) is 30.0 Å². The first kappa shape index (κ1) is 20.7. The fraction of sp³-hybridized carbons (Fsp3) is 0.0870. The monoisotopic (exact) mass is 436 g/mol. The fourth-order valence-corrected chi connectivity index (χ4v) is 3.79. The number of benzene rings is 3. The lowest BCUT2D eigenvalue weighted by molar-refractivity contribution is -0.113. The Morgan fingerprint density at radius 1 is 0.968 bits per heavy atom. The van der Waals surface area contributed by atoms with Gasteiger partial charge in [0.05, 0.1) is 5.75 Å². The smallest absolute Gasteiger partial charge is 0.234 e. The van der Waals surface area contributed by atoms with Gasteiger partial charge in [0, 0.05) is 16.9 Å². The van der Waals surface area contributed by atoms with E-state index in [1.165, 1.54) is 42.1 Å². The third kappa shape index (κ3) is 4.80. The number of halogens is 2. The van der Waals surface area contributed by atoms with Crippen LogP contribution in [0, 0.1) is 18.6 Å². The Balaban J connectivity index is 1.58. The number of hydrogen-bond acceptors (Lipinski definition) is 4. The third-order valence-electron chi connectivity index (χ3n) is 4.55. The average Bonchev–Trinajstić information content (AvgIpc) is 3.19. The molecule has 0 aliphatic heterocycles. The number of anilines is 1. The third-order valence-corrected chi connectivity index (χ3v) is 5.47. The van der Waals surface area contributed by atoms with Gasteiger partial charge in [0.15, 0.2) is 11.0 Å². The Labute approximate surface area is 182 Å². The second kappa shape index (κ2) is 9.09. The molecule has 0 atom stereocenters. The molecule has 0 fully saturated rings. The quantitative estimate of drug-likeness (QED) is 0.419. The predicted molar refractivity (Wildman–Crippen MR) is 117 cm³/mol. The van der Waals surface area contributed by atoms with Crippen molar-refractivity contribution in [2.24, 2.45) is 0 Å². The number of nitrogens with zero attached hydrogens (tertiary/aromatic N) is 3. The van der Waals surface area contributed by atoms with Gasteiger partial charge < -0.3 is 5.32 Å². The largest absolute Gasteiger partial charge is 0.325 e. The lowest BCUT2D eigenvalue weighted by Crippen LogP contribution is -2.15. The number of hydrogen-bond donors (Lipinski definition) is 1. The number of nitrogens with one attached hydrogen (secondary N) is 1. The van der Waals surface area contributed by atoms with Crippen LogP contribution in [0.15, 0.2) is 78.0 Å². The van der Waals surface area contributed by atoms with E-state index in [2.05, 4.69) is 15.5 Å². The van der Waals surface area contributed by atoms with Crippen molar-refractivity contribution in [3.05, 3.63) is 90.0 Å². The summed E-state index contributed by atoms with van der Waals surface area (Å²) in [5.74, 6) is -0.300. The second-order valence-corrected chi connectivity index (χ2v) is 7.72. The minimum Gasteiger partial charge on any atom is -0.325 e. The molecule has 0 bridgehead atoms. The summed E-state index contributed by atoms with van der Waals surface area (Å²) >= 11 is 1.23. The van der Waals surface area contributed by atoms with Gasteiger partial charge in [-0.15, -0.1) is 10.2 Å². The maximum Gasteiger partial charge on any atom is 0.234 e. The molecule has 0 aliphatic rings. The first-order chi connectivity index (χ1) is 15.0. The number of carbonyl (C=O) groups is 1. The zero-order chi connectivity index (χ0) is 21.8. The van der Waals surface area contributed by atoms with E-state index in [4.69, 9.17) is 0 Å². The summed E-state index contributed by atoms with van der Waals surface area (Å²) in [6, 6.07) is 19.7. The van der Waals surface area contributed by atoms with Crippen LogP contribution in [0.1, 0.15) is 5.56 Å². The van der Waals surface area contributed by atoms with Crippen molar-refractivity contribution in [1.29, 1.82) is 0 Å². The lowest BCUT2D eigenvalue weighted by Gasteiger charge is -2.11. The molecule has 0 unspecified atom stereocenters. The van der Waals surface area contributed by atoms with Gasteiger partial charge in [-0.3, -0.25) is 9.36 Å². The summed E-state index contributed by atoms with van der Waals surface area (Å²) in [5.41, 5.74) is 2.73. The molecule has 1 N–H and O–H groups in total. The molecule has 4 aromatic rings. The molecule has 1 aromatic heterocycles. The number of aryl methyl sites for hydroxylation is 1. The van der Waals surface area contributed by atoms with Gasteiger partial charge >= 0.3 is 0 Å². The van der Waals surface area contributed by atoms with Crippen LogP contribution in [0.4, 0.5) is 14.5 Å². The van der Waals surface area contributed by atoms with Crippen LogP contribution < -0.4 is 5.32 Å². The molecular formula is C23H18F2N4OS. The second-order valence-electron chi connectivity index (χ2n) is 6.78. The maximum atomic E-state index is 13.4. The van der Waals surface area contributed by atoms with Crippen molar-refractivity contribution < 1.29 is 13.6 Å². The molecule has 156 valence electrons. The summed E-state index contributed by atoms with van der Waals surface area (Å²) in [5, 5.41) is 11.8. The molecule has 0 saturated heterocycles. The Hall–Kier alpha value is -3.52. The fourth-order valence-electron chi connectivity index (χ4n) is 3.04. The molecule has 0 aliphatic carbocycles. The van der Waals surface area contributed by atoms with Gasteiger partial charge in [-0.05, 0) is 67.1 Å². The SMILES string of the molecule is Cc1cc(F)ccc1NC(=O)CSc1nnc(-c2ccc(F)cc2)n1-c1ccccc1. The Morgan fingerprint density at radius 2 is 1.68 bits per heavy atom. The average molecular weight is 436 g/mol. The topological polar surface area (TPSA) is 59.8 Å². The van der Waals surface area contributed by atoms with Crippen LogP contribution in [0.3, 0.4) is 0 Å². The minimum absolute atomic E-state index is 0.0885. The van der Waals surface area contributed by atoms with E-state index in [-0.39, 0.29) is 23.3 Å². The van der Waals surface area contributed by atoms with Gasteiger partial charge in [0.25, 0.3) is 0 Å². The van der Waals surface area contributed by atoms with Gasteiger partial charge in [-0.2, -0.15) is 0 Å². The number of rotatable bonds is 6. The molecule has 31 heavy (non-hydrogen) atoms. The van der Waals surface area contributed by atoms with E-state index in [1.54, 1.807) is 19.1 Å². The Kier molecular flexibility index (Phi) is 6.08. The Morgan fingerprint density at radius 3 is 2.39 bits per heavy atom. The van der Waals surface area contributed by atoms with Gasteiger partial charge in [-0.25, -0.2) is 8.78 Å². The molecule has 3 aromatic carbocycles. The molecule has 0 spiro atoms. The first-order valence-electron chi connectivity index (χ1n) is 9.47. The van der Waals surface area contributed by atoms with Crippen molar-refractivity contribution >= 4 is 23.4 Å². The van der Waals surface area contributed by atoms with Crippen molar-refractivity contribution in [2.45, 2.75) is 12.1 Å².